The first-order chi connectivity index (χ1) is 13.0. The highest BCUT2D eigenvalue weighted by molar-refractivity contribution is 5.96. The number of amides is 1. The Hall–Kier alpha value is -2.63. The number of nitrogens with zero attached hydrogens (tertiary/aromatic N) is 3. The van der Waals surface area contributed by atoms with Crippen LogP contribution in [0, 0.1) is 11.3 Å². The van der Waals surface area contributed by atoms with Crippen molar-refractivity contribution in [1.82, 2.24) is 14.7 Å². The summed E-state index contributed by atoms with van der Waals surface area (Å²) in [5.74, 6) is -0.764. The molecule has 1 amide bonds. The van der Waals surface area contributed by atoms with Gasteiger partial charge in [0.1, 0.15) is 0 Å². The number of carbonyl (C=O) groups is 2. The zero-order valence-electron chi connectivity index (χ0n) is 15.6. The van der Waals surface area contributed by atoms with E-state index in [1.165, 1.54) is 0 Å². The standard InChI is InChI=1S/C21H25N3O3/c1-2-18-17(11-22-24(18)12-15-7-4-3-5-8-15)19(25)23-13-16-9-6-10-21(16,14-23)20(26)27/h3-5,7-8,11,16H,2,6,9-10,12-14H2,1H3,(H,26,27)/t16-,21+/m0/s1. The second-order valence-corrected chi connectivity index (χ2v) is 7.74. The Morgan fingerprint density at radius 3 is 2.74 bits per heavy atom. The first kappa shape index (κ1) is 17.8. The first-order valence-corrected chi connectivity index (χ1v) is 9.66. The summed E-state index contributed by atoms with van der Waals surface area (Å²) < 4.78 is 1.88. The maximum atomic E-state index is 13.2. The molecular weight excluding hydrogens is 342 g/mol. The van der Waals surface area contributed by atoms with E-state index in [1.54, 1.807) is 11.1 Å². The highest BCUT2D eigenvalue weighted by Gasteiger charge is 2.56. The van der Waals surface area contributed by atoms with E-state index in [1.807, 2.05) is 41.9 Å². The van der Waals surface area contributed by atoms with E-state index in [9.17, 15) is 14.7 Å². The van der Waals surface area contributed by atoms with Gasteiger partial charge in [-0.25, -0.2) is 0 Å². The van der Waals surface area contributed by atoms with Gasteiger partial charge < -0.3 is 10.0 Å². The predicted octanol–water partition coefficient (Wildman–Crippen LogP) is 2.82. The van der Waals surface area contributed by atoms with E-state index < -0.39 is 11.4 Å². The molecule has 6 heteroatoms. The van der Waals surface area contributed by atoms with Gasteiger partial charge in [-0.05, 0) is 30.7 Å². The lowest BCUT2D eigenvalue weighted by Crippen LogP contribution is -2.37. The minimum atomic E-state index is -0.754. The minimum Gasteiger partial charge on any atom is -0.481 e. The molecule has 2 aromatic rings. The molecule has 0 spiro atoms. The summed E-state index contributed by atoms with van der Waals surface area (Å²) in [5.41, 5.74) is 1.90. The zero-order chi connectivity index (χ0) is 19.0. The van der Waals surface area contributed by atoms with Gasteiger partial charge in [0, 0.05) is 13.1 Å². The van der Waals surface area contributed by atoms with Gasteiger partial charge in [0.15, 0.2) is 0 Å². The van der Waals surface area contributed by atoms with Gasteiger partial charge in [-0.2, -0.15) is 5.10 Å². The molecule has 0 unspecified atom stereocenters. The van der Waals surface area contributed by atoms with Gasteiger partial charge in [-0.3, -0.25) is 14.3 Å². The Kier molecular flexibility index (Phi) is 4.50. The molecule has 2 atom stereocenters. The van der Waals surface area contributed by atoms with Crippen molar-refractivity contribution in [1.29, 1.82) is 0 Å². The number of rotatable bonds is 5. The van der Waals surface area contributed by atoms with Crippen LogP contribution in [0.25, 0.3) is 0 Å². The molecule has 2 aliphatic rings. The number of aromatic nitrogens is 2. The van der Waals surface area contributed by atoms with Crippen LogP contribution in [0.3, 0.4) is 0 Å². The van der Waals surface area contributed by atoms with Gasteiger partial charge >= 0.3 is 5.97 Å². The molecule has 2 heterocycles. The van der Waals surface area contributed by atoms with Crippen LogP contribution in [0.5, 0.6) is 0 Å². The van der Waals surface area contributed by atoms with Crippen molar-refractivity contribution in [2.45, 2.75) is 39.2 Å². The highest BCUT2D eigenvalue weighted by Crippen LogP contribution is 2.49. The lowest BCUT2D eigenvalue weighted by Gasteiger charge is -2.23. The fraction of sp³-hybridized carbons (Fsp3) is 0.476. The molecule has 1 aliphatic carbocycles. The molecule has 27 heavy (non-hydrogen) atoms. The third-order valence-corrected chi connectivity index (χ3v) is 6.27. The zero-order valence-corrected chi connectivity index (χ0v) is 15.6. The van der Waals surface area contributed by atoms with E-state index in [0.717, 1.165) is 24.1 Å². The number of aliphatic carboxylic acids is 1. The number of carboxylic acid groups (broad SMARTS) is 1. The molecule has 1 saturated carbocycles. The van der Waals surface area contributed by atoms with E-state index in [0.29, 0.717) is 38.0 Å². The SMILES string of the molecule is CCc1c(C(=O)N2C[C@@H]3CCC[C@@]3(C(=O)O)C2)cnn1Cc1ccccc1. The molecular formula is C21H25N3O3. The Morgan fingerprint density at radius 1 is 1.30 bits per heavy atom. The lowest BCUT2D eigenvalue weighted by atomic mass is 9.81. The Morgan fingerprint density at radius 2 is 2.07 bits per heavy atom. The average Bonchev–Trinajstić information content (AvgIpc) is 3.34. The fourth-order valence-corrected chi connectivity index (χ4v) is 4.82. The molecule has 4 rings (SSSR count). The summed E-state index contributed by atoms with van der Waals surface area (Å²) in [4.78, 5) is 26.8. The molecule has 1 aromatic heterocycles. The van der Waals surface area contributed by atoms with Crippen molar-refractivity contribution in [2.24, 2.45) is 11.3 Å². The van der Waals surface area contributed by atoms with E-state index in [2.05, 4.69) is 5.10 Å². The van der Waals surface area contributed by atoms with Gasteiger partial charge in [0.05, 0.1) is 29.4 Å². The van der Waals surface area contributed by atoms with Crippen LogP contribution < -0.4 is 0 Å². The quantitative estimate of drug-likeness (QED) is 0.882. The van der Waals surface area contributed by atoms with Crippen LogP contribution in [-0.2, 0) is 17.8 Å². The van der Waals surface area contributed by atoms with Gasteiger partial charge in [0.25, 0.3) is 5.91 Å². The topological polar surface area (TPSA) is 75.4 Å². The van der Waals surface area contributed by atoms with E-state index in [4.69, 9.17) is 0 Å². The monoisotopic (exact) mass is 367 g/mol. The molecule has 1 aromatic carbocycles. The number of hydrogen-bond donors (Lipinski definition) is 1. The van der Waals surface area contributed by atoms with E-state index in [-0.39, 0.29) is 11.8 Å². The number of carbonyl (C=O) groups excluding carboxylic acids is 1. The molecule has 1 N–H and O–H groups in total. The summed E-state index contributed by atoms with van der Waals surface area (Å²) >= 11 is 0. The molecule has 6 nitrogen and oxygen atoms in total. The Labute approximate surface area is 158 Å². The maximum Gasteiger partial charge on any atom is 0.311 e. The number of hydrogen-bond acceptors (Lipinski definition) is 3. The number of carboxylic acids is 1. The molecule has 1 aliphatic heterocycles. The molecule has 1 saturated heterocycles. The molecule has 0 radical (unpaired) electrons. The normalized spacial score (nSPS) is 24.2. The fourth-order valence-electron chi connectivity index (χ4n) is 4.82. The number of fused-ring (bicyclic) bond motifs is 1. The number of likely N-dealkylation sites (tertiary alicyclic amines) is 1. The third kappa shape index (κ3) is 2.93. The van der Waals surface area contributed by atoms with Crippen LogP contribution in [-0.4, -0.2) is 44.8 Å². The summed E-state index contributed by atoms with van der Waals surface area (Å²) in [5, 5.41) is 14.2. The van der Waals surface area contributed by atoms with Gasteiger partial charge in [0.2, 0.25) is 0 Å². The third-order valence-electron chi connectivity index (χ3n) is 6.27. The van der Waals surface area contributed by atoms with Crippen molar-refractivity contribution in [3.63, 3.8) is 0 Å². The molecule has 142 valence electrons. The van der Waals surface area contributed by atoms with Crippen molar-refractivity contribution >= 4 is 11.9 Å². The van der Waals surface area contributed by atoms with Crippen LogP contribution in [0.15, 0.2) is 36.5 Å². The highest BCUT2D eigenvalue weighted by atomic mass is 16.4. The van der Waals surface area contributed by atoms with Crippen LogP contribution in [0.1, 0.15) is 47.8 Å². The Balaban J connectivity index is 1.57. The Bertz CT molecular complexity index is 861. The van der Waals surface area contributed by atoms with Crippen LogP contribution >= 0.6 is 0 Å². The van der Waals surface area contributed by atoms with Crippen LogP contribution in [0.4, 0.5) is 0 Å². The lowest BCUT2D eigenvalue weighted by molar-refractivity contribution is -0.149. The van der Waals surface area contributed by atoms with E-state index >= 15 is 0 Å². The largest absolute Gasteiger partial charge is 0.481 e. The van der Waals surface area contributed by atoms with Crippen molar-refractivity contribution in [2.75, 3.05) is 13.1 Å². The smallest absolute Gasteiger partial charge is 0.311 e. The summed E-state index contributed by atoms with van der Waals surface area (Å²) in [7, 11) is 0. The summed E-state index contributed by atoms with van der Waals surface area (Å²) in [6.07, 6.45) is 4.85. The minimum absolute atomic E-state index is 0.0726. The van der Waals surface area contributed by atoms with Crippen molar-refractivity contribution in [3.8, 4) is 0 Å². The molecule has 2 fully saturated rings. The first-order valence-electron chi connectivity index (χ1n) is 9.66. The van der Waals surface area contributed by atoms with Crippen LogP contribution in [0.2, 0.25) is 0 Å². The average molecular weight is 367 g/mol. The second kappa shape index (κ2) is 6.83. The predicted molar refractivity (Wildman–Crippen MR) is 100 cm³/mol. The second-order valence-electron chi connectivity index (χ2n) is 7.74. The van der Waals surface area contributed by atoms with Gasteiger partial charge in [-0.1, -0.05) is 43.7 Å². The summed E-state index contributed by atoms with van der Waals surface area (Å²) in [6, 6.07) is 10.0. The maximum absolute atomic E-state index is 13.2. The van der Waals surface area contributed by atoms with Crippen molar-refractivity contribution in [3.05, 3.63) is 53.3 Å². The summed E-state index contributed by atoms with van der Waals surface area (Å²) in [6.45, 7) is 3.50. The number of benzene rings is 1. The van der Waals surface area contributed by atoms with Gasteiger partial charge in [-0.15, -0.1) is 0 Å². The molecule has 0 bridgehead atoms. The van der Waals surface area contributed by atoms with Crippen molar-refractivity contribution < 1.29 is 14.7 Å².